The minimum Gasteiger partial charge on any atom is -1.00 e. The second-order valence-corrected chi connectivity index (χ2v) is 1.13. The van der Waals surface area contributed by atoms with Crippen LogP contribution in [-0.4, -0.2) is 17.4 Å². The molecule has 0 atom stereocenters. The van der Waals surface area contributed by atoms with E-state index < -0.39 is 10.2 Å². The Kier molecular flexibility index (Phi) is 70.6. The third-order valence-corrected chi connectivity index (χ3v) is 0. The zero-order chi connectivity index (χ0) is 4.50. The van der Waals surface area contributed by atoms with Crippen LogP contribution in [0.4, 0.5) is 0 Å². The number of hydrogen-bond donors (Lipinski definition) is 0. The molecule has 4 radical (unpaired) electrons. The predicted molar refractivity (Wildman–Crippen MR) is 7.89 cm³/mol. The third-order valence-electron chi connectivity index (χ3n) is 0. The topological polar surface area (TPSA) is 123 Å². The molecule has 60 valence electrons. The first-order valence-corrected chi connectivity index (χ1v) is 1.85. The molecule has 0 bridgehead atoms. The molecule has 0 rings (SSSR count). The number of nitrogens with zero attached hydrogens (tertiary/aromatic N) is 1. The first-order valence-electron chi connectivity index (χ1n) is 0.617. The summed E-state index contributed by atoms with van der Waals surface area (Å²) in [6, 6.07) is 0. The SMILES string of the molecule is [Al+3].[Cl-].[Cl-].[Cl-].[N+].[O-][Cl+3]([O-])([O-])[O-]. The summed E-state index contributed by atoms with van der Waals surface area (Å²) in [6.07, 6.45) is 0. The van der Waals surface area contributed by atoms with E-state index in [0.29, 0.717) is 0 Å². The van der Waals surface area contributed by atoms with E-state index in [1.54, 1.807) is 0 Å². The van der Waals surface area contributed by atoms with Crippen molar-refractivity contribution in [1.82, 2.24) is 6.15 Å². The first-order chi connectivity index (χ1) is 2.00. The predicted octanol–water partition coefficient (Wildman–Crippen LogP) is -14.6. The Bertz CT molecular complexity index is 32.7. The van der Waals surface area contributed by atoms with Gasteiger partial charge < -0.3 is 37.2 Å². The van der Waals surface area contributed by atoms with Gasteiger partial charge in [0, 0.05) is 0 Å². The van der Waals surface area contributed by atoms with Gasteiger partial charge in [-0.2, -0.15) is 0 Å². The summed E-state index contributed by atoms with van der Waals surface area (Å²) in [5, 5.41) is 0. The molecule has 0 aromatic carbocycles. The fraction of sp³-hybridized carbons (Fsp3) is 0. The van der Waals surface area contributed by atoms with Crippen molar-refractivity contribution in [1.29, 1.82) is 0 Å². The molecule has 0 amide bonds. The maximum Gasteiger partial charge on any atom is 3.00 e. The van der Waals surface area contributed by atoms with Crippen LogP contribution in [0.1, 0.15) is 0 Å². The van der Waals surface area contributed by atoms with Gasteiger partial charge >= 0.3 is 23.5 Å². The maximum absolute atomic E-state index is 8.49. The van der Waals surface area contributed by atoms with Gasteiger partial charge in [-0.05, 0) is 0 Å². The van der Waals surface area contributed by atoms with Crippen LogP contribution in [0.2, 0.25) is 0 Å². The number of rotatable bonds is 0. The van der Waals surface area contributed by atoms with E-state index in [1.807, 2.05) is 0 Å². The van der Waals surface area contributed by atoms with E-state index in [2.05, 4.69) is 0 Å². The average molecular weight is 247 g/mol. The number of hydrogen-bond acceptors (Lipinski definition) is 4. The van der Waals surface area contributed by atoms with E-state index in [-0.39, 0.29) is 60.7 Å². The minimum atomic E-state index is -4.94. The largest absolute Gasteiger partial charge is 3.00 e. The van der Waals surface area contributed by atoms with E-state index >= 15 is 0 Å². The van der Waals surface area contributed by atoms with Gasteiger partial charge in [0.2, 0.25) is 0 Å². The Labute approximate surface area is 89.5 Å². The molecule has 0 saturated carbocycles. The summed E-state index contributed by atoms with van der Waals surface area (Å²) in [5.41, 5.74) is 0. The molecular weight excluding hydrogens is 247 g/mol. The van der Waals surface area contributed by atoms with Gasteiger partial charge in [-0.25, -0.2) is 18.6 Å². The quantitative estimate of drug-likeness (QED) is 0.394. The van der Waals surface area contributed by atoms with Gasteiger partial charge in [0.05, 0.1) is 0 Å². The summed E-state index contributed by atoms with van der Waals surface area (Å²) in [6.45, 7) is 0. The summed E-state index contributed by atoms with van der Waals surface area (Å²) in [5.74, 6) is 0. The minimum absolute atomic E-state index is 0. The molecule has 0 aliphatic carbocycles. The monoisotopic (exact) mass is 245 g/mol. The van der Waals surface area contributed by atoms with Gasteiger partial charge in [-0.15, -0.1) is 10.2 Å². The van der Waals surface area contributed by atoms with Crippen LogP contribution in [0, 0.1) is 10.2 Å². The first kappa shape index (κ1) is 41.9. The molecule has 0 saturated heterocycles. The van der Waals surface area contributed by atoms with Crippen LogP contribution in [-0.2, 0) is 0 Å². The van der Waals surface area contributed by atoms with Gasteiger partial charge in [-0.1, -0.05) is 0 Å². The second-order valence-electron chi connectivity index (χ2n) is 0.378. The summed E-state index contributed by atoms with van der Waals surface area (Å²) >= 11 is 0. The van der Waals surface area contributed by atoms with Crippen molar-refractivity contribution in [2.75, 3.05) is 0 Å². The van der Waals surface area contributed by atoms with Crippen molar-refractivity contribution in [3.8, 4) is 0 Å². The molecule has 0 spiro atoms. The van der Waals surface area contributed by atoms with Crippen molar-refractivity contribution in [2.24, 2.45) is 0 Å². The molecule has 5 nitrogen and oxygen atoms in total. The van der Waals surface area contributed by atoms with E-state index in [4.69, 9.17) is 18.6 Å². The molecule has 0 fully saturated rings. The molecular formula is AlCl4NO4. The van der Waals surface area contributed by atoms with Crippen molar-refractivity contribution >= 4 is 17.4 Å². The van der Waals surface area contributed by atoms with E-state index in [1.165, 1.54) is 0 Å². The zero-order valence-corrected chi connectivity index (χ0v) is 8.35. The van der Waals surface area contributed by atoms with Crippen molar-refractivity contribution in [3.05, 3.63) is 0 Å². The van der Waals surface area contributed by atoms with Crippen LogP contribution in [0.15, 0.2) is 0 Å². The van der Waals surface area contributed by atoms with Gasteiger partial charge in [0.25, 0.3) is 0 Å². The standard InChI is InChI=1S/Al.ClHO4.3ClH.N/c;2-1(3,4)5;;;;/h;(H,2,3,4,5);3*1H;/q+3;;;;;+1/p-4. The van der Waals surface area contributed by atoms with Crippen LogP contribution in [0.5, 0.6) is 0 Å². The normalized spacial score (nSPS) is 6.00. The van der Waals surface area contributed by atoms with Gasteiger partial charge in [0.1, 0.15) is 0 Å². The Morgan fingerprint density at radius 1 is 0.700 bits per heavy atom. The molecule has 0 aliphatic rings. The molecule has 10 heavy (non-hydrogen) atoms. The fourth-order valence-corrected chi connectivity index (χ4v) is 0. The van der Waals surface area contributed by atoms with Crippen molar-refractivity contribution in [3.63, 3.8) is 0 Å². The Morgan fingerprint density at radius 2 is 0.700 bits per heavy atom. The molecule has 0 unspecified atom stereocenters. The van der Waals surface area contributed by atoms with Crippen LogP contribution in [0.25, 0.3) is 0 Å². The van der Waals surface area contributed by atoms with Crippen molar-refractivity contribution in [2.45, 2.75) is 0 Å². The summed E-state index contributed by atoms with van der Waals surface area (Å²) < 4.78 is 34.0. The zero-order valence-electron chi connectivity index (χ0n) is 4.17. The number of halogens is 4. The second kappa shape index (κ2) is 16.8. The molecule has 0 heterocycles. The Balaban J connectivity index is -0.00000000800. The van der Waals surface area contributed by atoms with Crippen molar-refractivity contribution < 1.29 is 66.1 Å². The molecule has 0 aromatic heterocycles. The third kappa shape index (κ3) is 307. The smallest absolute Gasteiger partial charge is 1.00 e. The van der Waals surface area contributed by atoms with Crippen LogP contribution < -0.4 is 62.0 Å². The maximum atomic E-state index is 8.49. The molecule has 0 aromatic rings. The molecule has 10 heteroatoms. The molecule has 0 N–H and O–H groups in total. The van der Waals surface area contributed by atoms with Crippen LogP contribution >= 0.6 is 0 Å². The molecule has 0 aliphatic heterocycles. The Morgan fingerprint density at radius 3 is 0.700 bits per heavy atom. The van der Waals surface area contributed by atoms with Crippen LogP contribution in [0.3, 0.4) is 0 Å². The fourth-order valence-electron chi connectivity index (χ4n) is 0. The average Bonchev–Trinajstić information content (AvgIpc) is 0.722. The van der Waals surface area contributed by atoms with E-state index in [9.17, 15) is 0 Å². The van der Waals surface area contributed by atoms with Gasteiger partial charge in [-0.3, -0.25) is 0 Å². The van der Waals surface area contributed by atoms with E-state index in [0.717, 1.165) is 0 Å². The van der Waals surface area contributed by atoms with Gasteiger partial charge in [0.15, 0.2) is 0 Å². The summed E-state index contributed by atoms with van der Waals surface area (Å²) in [7, 11) is -4.94. The summed E-state index contributed by atoms with van der Waals surface area (Å²) in [4.78, 5) is 0. The Hall–Kier alpha value is 1.49.